The van der Waals surface area contributed by atoms with Crippen LogP contribution in [0.1, 0.15) is 12.8 Å². The molecule has 0 amide bonds. The molecule has 3 rings (SSSR count). The average molecular weight is 363 g/mol. The van der Waals surface area contributed by atoms with E-state index in [1.807, 2.05) is 0 Å². The Morgan fingerprint density at radius 3 is 2.48 bits per heavy atom. The molecule has 2 aromatic rings. The topological polar surface area (TPSA) is 70.5 Å². The lowest BCUT2D eigenvalue weighted by atomic mass is 10.1. The Balaban J connectivity index is 2.09. The number of alkyl halides is 2. The van der Waals surface area contributed by atoms with Gasteiger partial charge < -0.3 is 5.11 Å². The zero-order chi connectivity index (χ0) is 16.8. The number of fused-ring (bicyclic) bond motifs is 1. The van der Waals surface area contributed by atoms with Gasteiger partial charge in [0.1, 0.15) is 5.75 Å². The van der Waals surface area contributed by atoms with Crippen molar-refractivity contribution in [2.45, 2.75) is 23.7 Å². The molecule has 9 heteroatoms. The number of sulfonamides is 1. The van der Waals surface area contributed by atoms with E-state index in [9.17, 15) is 22.3 Å². The fraction of sp³-hybridized carbons (Fsp3) is 0.357. The number of aromatic nitrogens is 1. The lowest BCUT2D eigenvalue weighted by Gasteiger charge is -2.31. The number of benzene rings is 1. The highest BCUT2D eigenvalue weighted by Crippen LogP contribution is 2.39. The van der Waals surface area contributed by atoms with Crippen molar-refractivity contribution in [3.63, 3.8) is 0 Å². The third kappa shape index (κ3) is 2.86. The minimum absolute atomic E-state index is 0.234. The van der Waals surface area contributed by atoms with Gasteiger partial charge in [0.05, 0.1) is 5.52 Å². The van der Waals surface area contributed by atoms with Gasteiger partial charge in [-0.25, -0.2) is 22.2 Å². The van der Waals surface area contributed by atoms with E-state index in [1.54, 1.807) is 18.2 Å². The van der Waals surface area contributed by atoms with Gasteiger partial charge in [-0.2, -0.15) is 4.31 Å². The monoisotopic (exact) mass is 362 g/mol. The molecule has 2 heterocycles. The van der Waals surface area contributed by atoms with E-state index in [-0.39, 0.29) is 23.6 Å². The van der Waals surface area contributed by atoms with E-state index in [0.717, 1.165) is 4.31 Å². The van der Waals surface area contributed by atoms with Crippen molar-refractivity contribution in [3.8, 4) is 5.75 Å². The molecular weight excluding hydrogens is 350 g/mol. The molecule has 1 aliphatic rings. The van der Waals surface area contributed by atoms with Gasteiger partial charge in [0.15, 0.2) is 10.0 Å². The number of hydrogen-bond acceptors (Lipinski definition) is 4. The molecule has 0 spiro atoms. The Morgan fingerprint density at radius 2 is 1.83 bits per heavy atom. The molecule has 1 aromatic carbocycles. The molecule has 0 radical (unpaired) electrons. The van der Waals surface area contributed by atoms with Crippen LogP contribution in [-0.2, 0) is 10.0 Å². The summed E-state index contributed by atoms with van der Waals surface area (Å²) in [4.78, 5) is 3.44. The van der Waals surface area contributed by atoms with E-state index in [4.69, 9.17) is 11.6 Å². The van der Waals surface area contributed by atoms with Gasteiger partial charge >= 0.3 is 0 Å². The Kier molecular flexibility index (Phi) is 3.94. The average Bonchev–Trinajstić information content (AvgIpc) is 2.46. The molecule has 0 saturated carbocycles. The van der Waals surface area contributed by atoms with Crippen molar-refractivity contribution in [3.05, 3.63) is 29.4 Å². The molecule has 23 heavy (non-hydrogen) atoms. The van der Waals surface area contributed by atoms with Crippen molar-refractivity contribution < 1.29 is 22.3 Å². The number of para-hydroxylation sites is 1. The van der Waals surface area contributed by atoms with Gasteiger partial charge in [0.25, 0.3) is 5.92 Å². The summed E-state index contributed by atoms with van der Waals surface area (Å²) in [6.07, 6.45) is -1.13. The predicted octanol–water partition coefficient (Wildman–Crippen LogP) is 3.01. The van der Waals surface area contributed by atoms with Gasteiger partial charge in [-0.15, -0.1) is 0 Å². The second-order valence-electron chi connectivity index (χ2n) is 5.36. The highest BCUT2D eigenvalue weighted by atomic mass is 35.5. The van der Waals surface area contributed by atoms with Gasteiger partial charge in [-0.05, 0) is 12.1 Å². The van der Waals surface area contributed by atoms with E-state index in [2.05, 4.69) is 4.98 Å². The fourth-order valence-electron chi connectivity index (χ4n) is 2.56. The van der Waals surface area contributed by atoms with Crippen molar-refractivity contribution >= 4 is 32.5 Å². The minimum atomic E-state index is -4.21. The number of pyridine rings is 1. The molecule has 0 atom stereocenters. The zero-order valence-corrected chi connectivity index (χ0v) is 13.4. The molecule has 5 nitrogen and oxygen atoms in total. The third-order valence-electron chi connectivity index (χ3n) is 3.83. The summed E-state index contributed by atoms with van der Waals surface area (Å²) in [5.74, 6) is -3.39. The van der Waals surface area contributed by atoms with Crippen LogP contribution in [0.4, 0.5) is 8.78 Å². The largest absolute Gasteiger partial charge is 0.506 e. The fourth-order valence-corrected chi connectivity index (χ4v) is 4.57. The smallest absolute Gasteiger partial charge is 0.250 e. The summed E-state index contributed by atoms with van der Waals surface area (Å²) in [6, 6.07) is 6.39. The Hall–Kier alpha value is -1.51. The highest BCUT2D eigenvalue weighted by Gasteiger charge is 2.40. The van der Waals surface area contributed by atoms with Crippen LogP contribution in [0, 0.1) is 0 Å². The molecule has 1 saturated heterocycles. The minimum Gasteiger partial charge on any atom is -0.506 e. The van der Waals surface area contributed by atoms with Crippen LogP contribution in [0.3, 0.4) is 0 Å². The summed E-state index contributed by atoms with van der Waals surface area (Å²) in [5, 5.41) is 10.2. The molecule has 124 valence electrons. The van der Waals surface area contributed by atoms with Crippen molar-refractivity contribution in [1.82, 2.24) is 9.29 Å². The number of nitrogens with zero attached hydrogens (tertiary/aromatic N) is 2. The summed E-state index contributed by atoms with van der Waals surface area (Å²) in [6.45, 7) is -0.671. The number of rotatable bonds is 2. The third-order valence-corrected chi connectivity index (χ3v) is 6.17. The van der Waals surface area contributed by atoms with Gasteiger partial charge in [0.2, 0.25) is 10.0 Å². The van der Waals surface area contributed by atoms with Crippen LogP contribution < -0.4 is 0 Å². The maximum absolute atomic E-state index is 13.2. The number of halogens is 3. The summed E-state index contributed by atoms with van der Waals surface area (Å²) in [7, 11) is -4.21. The first-order valence-corrected chi connectivity index (χ1v) is 8.69. The maximum Gasteiger partial charge on any atom is 0.250 e. The SMILES string of the molecule is O=S(=O)(c1c(Cl)nc2ccccc2c1O)N1CCC(F)(F)CC1. The number of aromatic hydroxyl groups is 1. The lowest BCUT2D eigenvalue weighted by Crippen LogP contribution is -2.42. The standard InChI is InChI=1S/C14H13ClF2N2O3S/c15-13-12(11(20)9-3-1-2-4-10(9)18-13)23(21,22)19-7-5-14(16,17)6-8-19/h1-4H,5-8H2,(H,18,20). The molecule has 1 N–H and O–H groups in total. The zero-order valence-electron chi connectivity index (χ0n) is 11.8. The normalized spacial score (nSPS) is 19.1. The first-order chi connectivity index (χ1) is 10.7. The molecule has 1 aliphatic heterocycles. The van der Waals surface area contributed by atoms with Crippen molar-refractivity contribution in [2.24, 2.45) is 0 Å². The second-order valence-corrected chi connectivity index (χ2v) is 7.59. The van der Waals surface area contributed by atoms with E-state index < -0.39 is 39.4 Å². The molecule has 1 aromatic heterocycles. The molecule has 1 fully saturated rings. The Morgan fingerprint density at radius 1 is 1.22 bits per heavy atom. The van der Waals surface area contributed by atoms with Crippen molar-refractivity contribution in [1.29, 1.82) is 0 Å². The second kappa shape index (κ2) is 5.54. The van der Waals surface area contributed by atoms with Gasteiger partial charge in [-0.3, -0.25) is 0 Å². The maximum atomic E-state index is 13.2. The Bertz CT molecular complexity index is 864. The van der Waals surface area contributed by atoms with E-state index >= 15 is 0 Å². The molecule has 0 bridgehead atoms. The van der Waals surface area contributed by atoms with Gasteiger partial charge in [0, 0.05) is 31.3 Å². The van der Waals surface area contributed by atoms with Crippen LogP contribution in [0.15, 0.2) is 29.2 Å². The first kappa shape index (κ1) is 16.4. The molecule has 0 unspecified atom stereocenters. The van der Waals surface area contributed by atoms with Crippen LogP contribution >= 0.6 is 11.6 Å². The van der Waals surface area contributed by atoms with E-state index in [0.29, 0.717) is 5.52 Å². The summed E-state index contributed by atoms with van der Waals surface area (Å²) in [5.41, 5.74) is 0.346. The predicted molar refractivity (Wildman–Crippen MR) is 81.4 cm³/mol. The van der Waals surface area contributed by atoms with Crippen LogP contribution in [0.25, 0.3) is 10.9 Å². The van der Waals surface area contributed by atoms with Crippen LogP contribution in [0.5, 0.6) is 5.75 Å². The quantitative estimate of drug-likeness (QED) is 0.834. The molecular formula is C14H13ClF2N2O3S. The summed E-state index contributed by atoms with van der Waals surface area (Å²) < 4.78 is 52.7. The lowest BCUT2D eigenvalue weighted by molar-refractivity contribution is -0.0412. The summed E-state index contributed by atoms with van der Waals surface area (Å²) >= 11 is 5.94. The highest BCUT2D eigenvalue weighted by molar-refractivity contribution is 7.89. The van der Waals surface area contributed by atoms with E-state index in [1.165, 1.54) is 6.07 Å². The van der Waals surface area contributed by atoms with Gasteiger partial charge in [-0.1, -0.05) is 23.7 Å². The van der Waals surface area contributed by atoms with Crippen molar-refractivity contribution in [2.75, 3.05) is 13.1 Å². The first-order valence-electron chi connectivity index (χ1n) is 6.87. The Labute approximate surface area is 136 Å². The molecule has 0 aliphatic carbocycles. The van der Waals surface area contributed by atoms with Crippen LogP contribution in [-0.4, -0.2) is 41.8 Å². The number of hydrogen-bond donors (Lipinski definition) is 1. The number of piperidine rings is 1. The van der Waals surface area contributed by atoms with Crippen LogP contribution in [0.2, 0.25) is 5.15 Å².